The van der Waals surface area contributed by atoms with Gasteiger partial charge in [-0.05, 0) is 37.6 Å². The molecule has 2 N–H and O–H groups in total. The molecular weight excluding hydrogens is 530 g/mol. The fraction of sp³-hybridized carbons (Fsp3) is 0.444. The Bertz CT molecular complexity index is 1640. The van der Waals surface area contributed by atoms with Crippen molar-refractivity contribution in [3.63, 3.8) is 0 Å². The Labute approximate surface area is 233 Å². The minimum absolute atomic E-state index is 0.0683. The van der Waals surface area contributed by atoms with Gasteiger partial charge in [0.05, 0.1) is 23.5 Å². The largest absolute Gasteiger partial charge is 0.369 e. The van der Waals surface area contributed by atoms with Crippen molar-refractivity contribution in [1.29, 1.82) is 0 Å². The molecule has 0 amide bonds. The van der Waals surface area contributed by atoms with E-state index >= 15 is 0 Å². The Morgan fingerprint density at radius 2 is 1.85 bits per heavy atom. The van der Waals surface area contributed by atoms with Gasteiger partial charge in [-0.3, -0.25) is 14.5 Å². The third-order valence-corrected chi connectivity index (χ3v) is 9.01. The predicted molar refractivity (Wildman–Crippen MR) is 154 cm³/mol. The zero-order chi connectivity index (χ0) is 28.3. The molecular formula is C27H35N9O3S. The number of piperazine rings is 1. The van der Waals surface area contributed by atoms with E-state index in [0.29, 0.717) is 62.6 Å². The van der Waals surface area contributed by atoms with Gasteiger partial charge >= 0.3 is 0 Å². The maximum absolute atomic E-state index is 13.6. The number of aryl methyl sites for hydroxylation is 1. The first-order chi connectivity index (χ1) is 19.3. The number of fused-ring (bicyclic) bond motifs is 1. The Morgan fingerprint density at radius 1 is 1.05 bits per heavy atom. The molecule has 1 aliphatic heterocycles. The predicted octanol–water partition coefficient (Wildman–Crippen LogP) is 2.34. The van der Waals surface area contributed by atoms with Crippen LogP contribution in [-0.4, -0.2) is 86.6 Å². The van der Waals surface area contributed by atoms with E-state index < -0.39 is 15.6 Å². The maximum atomic E-state index is 13.6. The molecule has 0 unspecified atom stereocenters. The molecule has 1 fully saturated rings. The number of H-pyrrole nitrogens is 1. The third kappa shape index (κ3) is 5.49. The first-order valence-electron chi connectivity index (χ1n) is 13.7. The van der Waals surface area contributed by atoms with E-state index in [-0.39, 0.29) is 16.2 Å². The van der Waals surface area contributed by atoms with Gasteiger partial charge in [0.2, 0.25) is 10.0 Å². The van der Waals surface area contributed by atoms with Crippen LogP contribution < -0.4 is 10.9 Å². The van der Waals surface area contributed by atoms with Crippen LogP contribution in [0.2, 0.25) is 0 Å². The molecule has 5 rings (SSSR count). The normalized spacial score (nSPS) is 15.1. The van der Waals surface area contributed by atoms with E-state index in [1.807, 2.05) is 32.0 Å². The average molecular weight is 566 g/mol. The lowest BCUT2D eigenvalue weighted by atomic mass is 10.2. The van der Waals surface area contributed by atoms with Crippen LogP contribution in [0.3, 0.4) is 0 Å². The number of likely N-dealkylation sites (N-methyl/N-ethyl adjacent to an activating group) is 1. The van der Waals surface area contributed by atoms with Crippen molar-refractivity contribution in [3.05, 3.63) is 58.4 Å². The third-order valence-electron chi connectivity index (χ3n) is 7.15. The van der Waals surface area contributed by atoms with E-state index in [4.69, 9.17) is 4.98 Å². The lowest BCUT2D eigenvalue weighted by Crippen LogP contribution is -2.48. The van der Waals surface area contributed by atoms with E-state index in [0.717, 1.165) is 24.4 Å². The van der Waals surface area contributed by atoms with Gasteiger partial charge < -0.3 is 15.2 Å². The number of anilines is 1. The van der Waals surface area contributed by atoms with Crippen LogP contribution in [0.1, 0.15) is 38.6 Å². The minimum atomic E-state index is -3.78. The van der Waals surface area contributed by atoms with Gasteiger partial charge in [0.25, 0.3) is 5.56 Å². The van der Waals surface area contributed by atoms with Crippen LogP contribution in [0.4, 0.5) is 5.82 Å². The highest BCUT2D eigenvalue weighted by molar-refractivity contribution is 7.89. The topological polar surface area (TPSA) is 142 Å². The first kappa shape index (κ1) is 27.9. The van der Waals surface area contributed by atoms with Gasteiger partial charge in [-0.1, -0.05) is 26.8 Å². The summed E-state index contributed by atoms with van der Waals surface area (Å²) in [7, 11) is -3.78. The van der Waals surface area contributed by atoms with Crippen LogP contribution in [0.5, 0.6) is 0 Å². The lowest BCUT2D eigenvalue weighted by molar-refractivity contribution is 0.196. The van der Waals surface area contributed by atoms with E-state index in [1.54, 1.807) is 16.9 Å². The number of sulfonamides is 1. The summed E-state index contributed by atoms with van der Waals surface area (Å²) in [5.41, 5.74) is 2.32. The molecule has 0 atom stereocenters. The van der Waals surface area contributed by atoms with Gasteiger partial charge in [-0.2, -0.15) is 9.40 Å². The molecule has 12 nitrogen and oxygen atoms in total. The van der Waals surface area contributed by atoms with Crippen LogP contribution in [0.15, 0.2) is 46.3 Å². The molecule has 1 saturated heterocycles. The number of hydrogen-bond donors (Lipinski definition) is 2. The Balaban J connectivity index is 1.59. The number of hydrogen-bond acceptors (Lipinski definition) is 9. The fourth-order valence-electron chi connectivity index (χ4n) is 4.90. The van der Waals surface area contributed by atoms with Gasteiger partial charge in [0.1, 0.15) is 22.1 Å². The second-order valence-electron chi connectivity index (χ2n) is 9.72. The molecule has 0 saturated carbocycles. The first-order valence-corrected chi connectivity index (χ1v) is 15.2. The van der Waals surface area contributed by atoms with Crippen molar-refractivity contribution >= 4 is 26.9 Å². The second kappa shape index (κ2) is 11.8. The van der Waals surface area contributed by atoms with Gasteiger partial charge in [-0.15, -0.1) is 0 Å². The van der Waals surface area contributed by atoms with Crippen molar-refractivity contribution in [2.24, 2.45) is 0 Å². The van der Waals surface area contributed by atoms with Gasteiger partial charge in [0, 0.05) is 45.1 Å². The molecule has 0 bridgehead atoms. The van der Waals surface area contributed by atoms with Crippen molar-refractivity contribution in [3.8, 4) is 11.4 Å². The van der Waals surface area contributed by atoms with Gasteiger partial charge in [-0.25, -0.2) is 18.4 Å². The molecule has 1 aliphatic rings. The zero-order valence-electron chi connectivity index (χ0n) is 23.1. The molecule has 4 aromatic heterocycles. The van der Waals surface area contributed by atoms with E-state index in [1.165, 1.54) is 10.5 Å². The summed E-state index contributed by atoms with van der Waals surface area (Å²) in [4.78, 5) is 32.0. The maximum Gasteiger partial charge on any atom is 0.279 e. The standard InChI is InChI=1S/C27H35N9O3S/c1-4-10-29-25-21(16-20(17-30-25)40(38,39)35-14-12-34(6-3)13-15-35)26-31-23-22(5-2)36(33-24(23)27(37)32-26)18-19-9-7-8-11-28-19/h7-9,11,16-17H,4-6,10,12-15,18H2,1-3H3,(H,29,30)(H,31,32,37). The molecule has 212 valence electrons. The average Bonchev–Trinajstić information content (AvgIpc) is 3.33. The summed E-state index contributed by atoms with van der Waals surface area (Å²) in [5, 5.41) is 7.80. The molecule has 5 heterocycles. The number of aromatic nitrogens is 6. The van der Waals surface area contributed by atoms with Crippen LogP contribution in [0, 0.1) is 0 Å². The van der Waals surface area contributed by atoms with Crippen LogP contribution in [0.25, 0.3) is 22.4 Å². The molecule has 4 aromatic rings. The minimum Gasteiger partial charge on any atom is -0.369 e. The Morgan fingerprint density at radius 3 is 2.52 bits per heavy atom. The molecule has 0 radical (unpaired) electrons. The number of rotatable bonds is 10. The monoisotopic (exact) mass is 565 g/mol. The summed E-state index contributed by atoms with van der Waals surface area (Å²) in [6.45, 7) is 10.2. The second-order valence-corrected chi connectivity index (χ2v) is 11.7. The molecule has 0 aliphatic carbocycles. The summed E-state index contributed by atoms with van der Waals surface area (Å²) in [5.74, 6) is 0.696. The van der Waals surface area contributed by atoms with Crippen LogP contribution in [-0.2, 0) is 23.0 Å². The Kier molecular flexibility index (Phi) is 8.24. The van der Waals surface area contributed by atoms with Crippen molar-refractivity contribution < 1.29 is 8.42 Å². The SMILES string of the molecule is CCCNc1ncc(S(=O)(=O)N2CCN(CC)CC2)cc1-c1nc2c(CC)n(Cc3ccccn3)nc2c(=O)[nH]1. The van der Waals surface area contributed by atoms with Crippen molar-refractivity contribution in [2.45, 2.75) is 45.1 Å². The highest BCUT2D eigenvalue weighted by Crippen LogP contribution is 2.29. The number of nitrogens with one attached hydrogen (secondary N) is 2. The molecule has 13 heteroatoms. The lowest BCUT2D eigenvalue weighted by Gasteiger charge is -2.33. The highest BCUT2D eigenvalue weighted by atomic mass is 32.2. The van der Waals surface area contributed by atoms with E-state index in [9.17, 15) is 13.2 Å². The van der Waals surface area contributed by atoms with Crippen molar-refractivity contribution in [1.82, 2.24) is 38.9 Å². The zero-order valence-corrected chi connectivity index (χ0v) is 23.9. The number of aromatic amines is 1. The smallest absolute Gasteiger partial charge is 0.279 e. The summed E-state index contributed by atoms with van der Waals surface area (Å²) in [6.07, 6.45) is 4.53. The fourth-order valence-corrected chi connectivity index (χ4v) is 6.30. The summed E-state index contributed by atoms with van der Waals surface area (Å²) in [6, 6.07) is 7.21. The molecule has 0 aromatic carbocycles. The number of pyridine rings is 2. The van der Waals surface area contributed by atoms with Crippen molar-refractivity contribution in [2.75, 3.05) is 44.6 Å². The van der Waals surface area contributed by atoms with E-state index in [2.05, 4.69) is 37.2 Å². The number of nitrogens with zero attached hydrogens (tertiary/aromatic N) is 7. The summed E-state index contributed by atoms with van der Waals surface area (Å²) >= 11 is 0. The molecule has 0 spiro atoms. The Hall–Kier alpha value is -3.68. The van der Waals surface area contributed by atoms with Crippen LogP contribution >= 0.6 is 0 Å². The highest BCUT2D eigenvalue weighted by Gasteiger charge is 2.29. The molecule has 40 heavy (non-hydrogen) atoms. The summed E-state index contributed by atoms with van der Waals surface area (Å²) < 4.78 is 30.4. The quantitative estimate of drug-likeness (QED) is 0.296. The van der Waals surface area contributed by atoms with Gasteiger partial charge in [0.15, 0.2) is 5.52 Å².